The highest BCUT2D eigenvalue weighted by Crippen LogP contribution is 2.25. The lowest BCUT2D eigenvalue weighted by Gasteiger charge is -2.23. The van der Waals surface area contributed by atoms with Gasteiger partial charge in [0.1, 0.15) is 0 Å². The summed E-state index contributed by atoms with van der Waals surface area (Å²) >= 11 is 1.71. The average molecular weight is 240 g/mol. The fourth-order valence-electron chi connectivity index (χ4n) is 2.38. The zero-order valence-corrected chi connectivity index (χ0v) is 11.0. The molecule has 0 spiro atoms. The molecule has 3 unspecified atom stereocenters. The van der Waals surface area contributed by atoms with Crippen LogP contribution in [0.1, 0.15) is 42.9 Å². The van der Waals surface area contributed by atoms with Crippen LogP contribution in [-0.4, -0.2) is 24.2 Å². The van der Waals surface area contributed by atoms with Crippen molar-refractivity contribution >= 4 is 11.3 Å². The number of methoxy groups -OCH3 is 1. The van der Waals surface area contributed by atoms with Crippen LogP contribution in [0.4, 0.5) is 0 Å². The Kier molecular flexibility index (Phi) is 3.95. The van der Waals surface area contributed by atoms with Crippen molar-refractivity contribution in [1.29, 1.82) is 0 Å². The van der Waals surface area contributed by atoms with Crippen molar-refractivity contribution in [2.75, 3.05) is 7.11 Å². The molecule has 1 aromatic rings. The zero-order chi connectivity index (χ0) is 11.5. The zero-order valence-electron chi connectivity index (χ0n) is 10.2. The predicted octanol–water partition coefficient (Wildman–Crippen LogP) is 2.67. The predicted molar refractivity (Wildman–Crippen MR) is 66.8 cm³/mol. The molecule has 1 aliphatic carbocycles. The monoisotopic (exact) mass is 240 g/mol. The van der Waals surface area contributed by atoms with E-state index in [-0.39, 0.29) is 0 Å². The highest BCUT2D eigenvalue weighted by atomic mass is 32.1. The Bertz CT molecular complexity index is 340. The minimum absolute atomic E-state index is 0.325. The molecule has 2 rings (SSSR count). The van der Waals surface area contributed by atoms with Crippen LogP contribution in [0, 0.1) is 6.92 Å². The summed E-state index contributed by atoms with van der Waals surface area (Å²) in [4.78, 5) is 4.52. The van der Waals surface area contributed by atoms with E-state index in [0.29, 0.717) is 18.2 Å². The number of hydrogen-bond donors (Lipinski definition) is 1. The molecular formula is C12H20N2OS. The Balaban J connectivity index is 1.94. The quantitative estimate of drug-likeness (QED) is 0.878. The van der Waals surface area contributed by atoms with Gasteiger partial charge < -0.3 is 10.1 Å². The molecule has 1 N–H and O–H groups in total. The number of nitrogens with one attached hydrogen (secondary N) is 1. The normalized spacial score (nSPS) is 27.2. The number of nitrogens with zero attached hydrogens (tertiary/aromatic N) is 1. The van der Waals surface area contributed by atoms with Gasteiger partial charge >= 0.3 is 0 Å². The van der Waals surface area contributed by atoms with Crippen LogP contribution in [0.25, 0.3) is 0 Å². The molecule has 1 saturated carbocycles. The summed E-state index contributed by atoms with van der Waals surface area (Å²) in [5.41, 5.74) is 1.16. The number of ether oxygens (including phenoxy) is 1. The van der Waals surface area contributed by atoms with Crippen molar-refractivity contribution in [3.05, 3.63) is 16.1 Å². The molecule has 16 heavy (non-hydrogen) atoms. The third-order valence-electron chi connectivity index (χ3n) is 3.30. The van der Waals surface area contributed by atoms with Crippen molar-refractivity contribution in [2.24, 2.45) is 0 Å². The van der Waals surface area contributed by atoms with E-state index in [1.807, 2.05) is 7.11 Å². The van der Waals surface area contributed by atoms with Gasteiger partial charge in [-0.25, -0.2) is 4.98 Å². The van der Waals surface area contributed by atoms with E-state index in [9.17, 15) is 0 Å². The molecule has 0 bridgehead atoms. The number of rotatable bonds is 4. The van der Waals surface area contributed by atoms with E-state index >= 15 is 0 Å². The van der Waals surface area contributed by atoms with E-state index in [0.717, 1.165) is 10.7 Å². The third-order valence-corrected chi connectivity index (χ3v) is 4.09. The maximum absolute atomic E-state index is 5.49. The Hall–Kier alpha value is -0.450. The fourth-order valence-corrected chi connectivity index (χ4v) is 3.09. The molecular weight excluding hydrogens is 220 g/mol. The lowest BCUT2D eigenvalue weighted by Crippen LogP contribution is -2.38. The summed E-state index contributed by atoms with van der Waals surface area (Å²) in [7, 11) is 1.81. The molecule has 1 aliphatic rings. The first-order valence-electron chi connectivity index (χ1n) is 5.91. The van der Waals surface area contributed by atoms with Crippen molar-refractivity contribution < 1.29 is 4.74 Å². The Morgan fingerprint density at radius 2 is 2.38 bits per heavy atom. The first kappa shape index (κ1) is 12.0. The van der Waals surface area contributed by atoms with Crippen LogP contribution in [0.5, 0.6) is 0 Å². The van der Waals surface area contributed by atoms with Crippen molar-refractivity contribution in [1.82, 2.24) is 10.3 Å². The second kappa shape index (κ2) is 5.25. The number of hydrogen-bond acceptors (Lipinski definition) is 4. The minimum Gasteiger partial charge on any atom is -0.380 e. The molecule has 4 heteroatoms. The van der Waals surface area contributed by atoms with Crippen LogP contribution >= 0.6 is 11.3 Å². The summed E-state index contributed by atoms with van der Waals surface area (Å²) in [5.74, 6) is 0. The average Bonchev–Trinajstić information content (AvgIpc) is 2.86. The van der Waals surface area contributed by atoms with Gasteiger partial charge in [0.05, 0.1) is 16.8 Å². The van der Waals surface area contributed by atoms with E-state index < -0.39 is 0 Å². The summed E-state index contributed by atoms with van der Waals surface area (Å²) in [6.45, 7) is 4.23. The molecule has 0 amide bonds. The van der Waals surface area contributed by atoms with Gasteiger partial charge in [0.2, 0.25) is 0 Å². The maximum atomic E-state index is 5.49. The second-order valence-corrected chi connectivity index (χ2v) is 5.55. The lowest BCUT2D eigenvalue weighted by atomic mass is 10.1. The summed E-state index contributed by atoms with van der Waals surface area (Å²) in [5, 5.41) is 6.91. The van der Waals surface area contributed by atoms with E-state index in [2.05, 4.69) is 29.5 Å². The molecule has 90 valence electrons. The Morgan fingerprint density at radius 1 is 1.56 bits per heavy atom. The van der Waals surface area contributed by atoms with Gasteiger partial charge in [-0.1, -0.05) is 0 Å². The SMILES string of the molecule is COC1CCCC1NC(C)c1csc(C)n1. The highest BCUT2D eigenvalue weighted by Gasteiger charge is 2.28. The first-order valence-corrected chi connectivity index (χ1v) is 6.79. The lowest BCUT2D eigenvalue weighted by molar-refractivity contribution is 0.0818. The molecule has 3 nitrogen and oxygen atoms in total. The number of thiazole rings is 1. The van der Waals surface area contributed by atoms with Gasteiger partial charge in [0.15, 0.2) is 0 Å². The van der Waals surface area contributed by atoms with Gasteiger partial charge in [0, 0.05) is 24.6 Å². The number of aromatic nitrogens is 1. The second-order valence-electron chi connectivity index (χ2n) is 4.49. The molecule has 0 radical (unpaired) electrons. The van der Waals surface area contributed by atoms with Crippen molar-refractivity contribution in [3.8, 4) is 0 Å². The van der Waals surface area contributed by atoms with Gasteiger partial charge in [-0.2, -0.15) is 0 Å². The summed E-state index contributed by atoms with van der Waals surface area (Å²) in [6, 6.07) is 0.813. The highest BCUT2D eigenvalue weighted by molar-refractivity contribution is 7.09. The van der Waals surface area contributed by atoms with Gasteiger partial charge in [0.25, 0.3) is 0 Å². The van der Waals surface area contributed by atoms with Gasteiger partial charge in [-0.15, -0.1) is 11.3 Å². The van der Waals surface area contributed by atoms with Crippen LogP contribution < -0.4 is 5.32 Å². The standard InChI is InChI=1S/C12H20N2OS/c1-8(11-7-16-9(2)14-11)13-10-5-4-6-12(10)15-3/h7-8,10,12-13H,4-6H2,1-3H3. The summed E-state index contributed by atoms with van der Waals surface area (Å²) < 4.78 is 5.49. The first-order chi connectivity index (χ1) is 7.70. The minimum atomic E-state index is 0.325. The largest absolute Gasteiger partial charge is 0.380 e. The smallest absolute Gasteiger partial charge is 0.0898 e. The molecule has 3 atom stereocenters. The summed E-state index contributed by atoms with van der Waals surface area (Å²) in [6.07, 6.45) is 4.03. The van der Waals surface area contributed by atoms with Crippen LogP contribution in [-0.2, 0) is 4.74 Å². The van der Waals surface area contributed by atoms with Crippen molar-refractivity contribution in [3.63, 3.8) is 0 Å². The maximum Gasteiger partial charge on any atom is 0.0898 e. The molecule has 0 saturated heterocycles. The van der Waals surface area contributed by atoms with Gasteiger partial charge in [-0.05, 0) is 33.1 Å². The van der Waals surface area contributed by atoms with Gasteiger partial charge in [-0.3, -0.25) is 0 Å². The third kappa shape index (κ3) is 2.62. The molecule has 1 heterocycles. The molecule has 0 aliphatic heterocycles. The Morgan fingerprint density at radius 3 is 3.00 bits per heavy atom. The van der Waals surface area contributed by atoms with Crippen LogP contribution in [0.15, 0.2) is 5.38 Å². The van der Waals surface area contributed by atoms with Crippen LogP contribution in [0.3, 0.4) is 0 Å². The molecule has 0 aromatic carbocycles. The topological polar surface area (TPSA) is 34.1 Å². The molecule has 1 fully saturated rings. The van der Waals surface area contributed by atoms with E-state index in [1.54, 1.807) is 11.3 Å². The van der Waals surface area contributed by atoms with E-state index in [1.165, 1.54) is 19.3 Å². The van der Waals surface area contributed by atoms with Crippen molar-refractivity contribution in [2.45, 2.75) is 51.3 Å². The molecule has 1 aromatic heterocycles. The van der Waals surface area contributed by atoms with E-state index in [4.69, 9.17) is 4.74 Å². The number of aryl methyl sites for hydroxylation is 1. The fraction of sp³-hybridized carbons (Fsp3) is 0.750. The Labute approximate surface area is 101 Å². The van der Waals surface area contributed by atoms with Crippen LogP contribution in [0.2, 0.25) is 0 Å².